The van der Waals surface area contributed by atoms with E-state index in [0.29, 0.717) is 0 Å². The zero-order chi connectivity index (χ0) is 13.1. The highest BCUT2D eigenvalue weighted by Gasteiger charge is 2.19. The third kappa shape index (κ3) is 2.30. The first-order valence-corrected chi connectivity index (χ1v) is 6.36. The standard InChI is InChI=1S/C15H21NO2/c1-5-11(2)16-7-6-12-8-14(17-3)15(18-4)9-13(12)10-16/h8-9H,2,5-7,10H2,1,3-4H3. The summed E-state index contributed by atoms with van der Waals surface area (Å²) >= 11 is 0. The topological polar surface area (TPSA) is 21.7 Å². The van der Waals surface area contributed by atoms with Gasteiger partial charge in [0.15, 0.2) is 11.5 Å². The molecule has 0 amide bonds. The number of nitrogens with zero attached hydrogens (tertiary/aromatic N) is 1. The van der Waals surface area contributed by atoms with E-state index in [1.165, 1.54) is 16.8 Å². The summed E-state index contributed by atoms with van der Waals surface area (Å²) in [5.74, 6) is 1.62. The third-order valence-corrected chi connectivity index (χ3v) is 3.57. The maximum Gasteiger partial charge on any atom is 0.161 e. The fraction of sp³-hybridized carbons (Fsp3) is 0.467. The van der Waals surface area contributed by atoms with Gasteiger partial charge in [0, 0.05) is 18.8 Å². The van der Waals surface area contributed by atoms with Gasteiger partial charge in [-0.25, -0.2) is 0 Å². The molecule has 3 nitrogen and oxygen atoms in total. The van der Waals surface area contributed by atoms with Crippen molar-refractivity contribution in [2.45, 2.75) is 26.3 Å². The molecule has 1 aromatic carbocycles. The monoisotopic (exact) mass is 247 g/mol. The maximum absolute atomic E-state index is 5.36. The molecule has 1 aliphatic rings. The molecule has 0 radical (unpaired) electrons. The normalized spacial score (nSPS) is 14.1. The summed E-state index contributed by atoms with van der Waals surface area (Å²) in [5.41, 5.74) is 3.87. The van der Waals surface area contributed by atoms with Crippen LogP contribution in [0.3, 0.4) is 0 Å². The van der Waals surface area contributed by atoms with Crippen LogP contribution in [0.15, 0.2) is 24.4 Å². The van der Waals surface area contributed by atoms with Gasteiger partial charge >= 0.3 is 0 Å². The second-order valence-electron chi connectivity index (χ2n) is 4.57. The summed E-state index contributed by atoms with van der Waals surface area (Å²) in [5, 5.41) is 0. The predicted octanol–water partition coefficient (Wildman–Crippen LogP) is 2.99. The van der Waals surface area contributed by atoms with Crippen molar-refractivity contribution in [1.29, 1.82) is 0 Å². The molecule has 1 aromatic rings. The molecule has 0 bridgehead atoms. The molecule has 2 rings (SSSR count). The number of allylic oxidation sites excluding steroid dienone is 1. The van der Waals surface area contributed by atoms with E-state index in [1.807, 2.05) is 0 Å². The lowest BCUT2D eigenvalue weighted by molar-refractivity contribution is 0.310. The van der Waals surface area contributed by atoms with Crippen LogP contribution in [0.2, 0.25) is 0 Å². The van der Waals surface area contributed by atoms with Gasteiger partial charge in [0.25, 0.3) is 0 Å². The van der Waals surface area contributed by atoms with Gasteiger partial charge in [-0.15, -0.1) is 0 Å². The zero-order valence-corrected chi connectivity index (χ0v) is 11.5. The van der Waals surface area contributed by atoms with Crippen LogP contribution in [0.5, 0.6) is 11.5 Å². The molecule has 3 heteroatoms. The fourth-order valence-corrected chi connectivity index (χ4v) is 2.38. The van der Waals surface area contributed by atoms with E-state index in [1.54, 1.807) is 14.2 Å². The van der Waals surface area contributed by atoms with Crippen LogP contribution < -0.4 is 9.47 Å². The van der Waals surface area contributed by atoms with Crippen molar-refractivity contribution >= 4 is 0 Å². The van der Waals surface area contributed by atoms with Crippen molar-refractivity contribution in [2.75, 3.05) is 20.8 Å². The van der Waals surface area contributed by atoms with Gasteiger partial charge in [0.1, 0.15) is 0 Å². The summed E-state index contributed by atoms with van der Waals surface area (Å²) < 4.78 is 10.7. The summed E-state index contributed by atoms with van der Waals surface area (Å²) in [6, 6.07) is 4.18. The first-order chi connectivity index (χ1) is 8.69. The Hall–Kier alpha value is -1.64. The predicted molar refractivity (Wildman–Crippen MR) is 73.1 cm³/mol. The second-order valence-corrected chi connectivity index (χ2v) is 4.57. The number of hydrogen-bond donors (Lipinski definition) is 0. The quantitative estimate of drug-likeness (QED) is 0.816. The summed E-state index contributed by atoms with van der Waals surface area (Å²) in [4.78, 5) is 2.34. The number of hydrogen-bond acceptors (Lipinski definition) is 3. The molecule has 0 spiro atoms. The number of fused-ring (bicyclic) bond motifs is 1. The van der Waals surface area contributed by atoms with Gasteiger partial charge < -0.3 is 14.4 Å². The Balaban J connectivity index is 2.29. The van der Waals surface area contributed by atoms with Gasteiger partial charge in [0.2, 0.25) is 0 Å². The Morgan fingerprint density at radius 1 is 1.22 bits per heavy atom. The van der Waals surface area contributed by atoms with Crippen LogP contribution in [0, 0.1) is 0 Å². The highest BCUT2D eigenvalue weighted by molar-refractivity contribution is 5.48. The molecule has 1 heterocycles. The second kappa shape index (κ2) is 5.34. The van der Waals surface area contributed by atoms with Crippen molar-refractivity contribution in [2.24, 2.45) is 0 Å². The third-order valence-electron chi connectivity index (χ3n) is 3.57. The van der Waals surface area contributed by atoms with E-state index in [-0.39, 0.29) is 0 Å². The van der Waals surface area contributed by atoms with Gasteiger partial charge in [0.05, 0.1) is 14.2 Å². The maximum atomic E-state index is 5.36. The molecule has 1 aliphatic heterocycles. The van der Waals surface area contributed by atoms with Gasteiger partial charge in [-0.1, -0.05) is 13.5 Å². The van der Waals surface area contributed by atoms with E-state index in [4.69, 9.17) is 9.47 Å². The highest BCUT2D eigenvalue weighted by Crippen LogP contribution is 2.33. The van der Waals surface area contributed by atoms with Crippen LogP contribution in [-0.4, -0.2) is 25.7 Å². The Kier molecular flexibility index (Phi) is 3.80. The summed E-state index contributed by atoms with van der Waals surface area (Å²) in [6.07, 6.45) is 2.04. The average Bonchev–Trinajstić information content (AvgIpc) is 2.44. The van der Waals surface area contributed by atoms with E-state index >= 15 is 0 Å². The minimum absolute atomic E-state index is 0.806. The first kappa shape index (κ1) is 12.8. The van der Waals surface area contributed by atoms with Crippen LogP contribution in [0.25, 0.3) is 0 Å². The average molecular weight is 247 g/mol. The molecule has 0 atom stereocenters. The molecule has 0 aliphatic carbocycles. The van der Waals surface area contributed by atoms with Gasteiger partial charge in [-0.2, -0.15) is 0 Å². The lowest BCUT2D eigenvalue weighted by Crippen LogP contribution is -2.29. The Morgan fingerprint density at radius 2 is 1.83 bits per heavy atom. The smallest absolute Gasteiger partial charge is 0.161 e. The SMILES string of the molecule is C=C(CC)N1CCc2cc(OC)c(OC)cc2C1. The summed E-state index contributed by atoms with van der Waals surface area (Å²) in [6.45, 7) is 8.22. The molecule has 0 unspecified atom stereocenters. The van der Waals surface area contributed by atoms with Crippen LogP contribution >= 0.6 is 0 Å². The Bertz CT molecular complexity index is 454. The molecule has 0 saturated carbocycles. The van der Waals surface area contributed by atoms with E-state index in [9.17, 15) is 0 Å². The van der Waals surface area contributed by atoms with Crippen molar-refractivity contribution in [3.63, 3.8) is 0 Å². The van der Waals surface area contributed by atoms with Gasteiger partial charge in [-0.3, -0.25) is 0 Å². The molecule has 0 fully saturated rings. The largest absolute Gasteiger partial charge is 0.493 e. The fourth-order valence-electron chi connectivity index (χ4n) is 2.38. The van der Waals surface area contributed by atoms with Crippen molar-refractivity contribution < 1.29 is 9.47 Å². The lowest BCUT2D eigenvalue weighted by atomic mass is 9.98. The van der Waals surface area contributed by atoms with Crippen LogP contribution in [0.1, 0.15) is 24.5 Å². The van der Waals surface area contributed by atoms with Crippen molar-refractivity contribution in [3.05, 3.63) is 35.5 Å². The number of methoxy groups -OCH3 is 2. The number of rotatable bonds is 4. The van der Waals surface area contributed by atoms with Crippen molar-refractivity contribution in [1.82, 2.24) is 4.90 Å². The number of benzene rings is 1. The Morgan fingerprint density at radius 3 is 2.39 bits per heavy atom. The van der Waals surface area contributed by atoms with Gasteiger partial charge in [-0.05, 0) is 36.1 Å². The molecule has 0 saturated heterocycles. The Labute approximate surface area is 109 Å². The minimum Gasteiger partial charge on any atom is -0.493 e. The minimum atomic E-state index is 0.806. The molecule has 18 heavy (non-hydrogen) atoms. The summed E-state index contributed by atoms with van der Waals surface area (Å²) in [7, 11) is 3.36. The highest BCUT2D eigenvalue weighted by atomic mass is 16.5. The van der Waals surface area contributed by atoms with Crippen LogP contribution in [0.4, 0.5) is 0 Å². The first-order valence-electron chi connectivity index (χ1n) is 6.36. The van der Waals surface area contributed by atoms with Crippen LogP contribution in [-0.2, 0) is 13.0 Å². The van der Waals surface area contributed by atoms with E-state index in [0.717, 1.165) is 37.4 Å². The molecule has 98 valence electrons. The molecule has 0 N–H and O–H groups in total. The molecular formula is C15H21NO2. The lowest BCUT2D eigenvalue weighted by Gasteiger charge is -2.32. The van der Waals surface area contributed by atoms with Crippen molar-refractivity contribution in [3.8, 4) is 11.5 Å². The van der Waals surface area contributed by atoms with E-state index in [2.05, 4.69) is 30.5 Å². The zero-order valence-electron chi connectivity index (χ0n) is 11.5. The molecular weight excluding hydrogens is 226 g/mol. The van der Waals surface area contributed by atoms with E-state index < -0.39 is 0 Å². The molecule has 0 aromatic heterocycles. The number of ether oxygens (including phenoxy) is 2.